The molecule has 1 rings (SSSR count). The zero-order valence-corrected chi connectivity index (χ0v) is 12.5. The molecule has 0 bridgehead atoms. The molecule has 1 aromatic carbocycles. The Hall–Kier alpha value is -1.23. The molecule has 106 valence electrons. The molecular formula is C14H20F2N2S. The number of hydrogen-bond acceptors (Lipinski definition) is 2. The van der Waals surface area contributed by atoms with Crippen molar-refractivity contribution in [2.24, 2.45) is 11.7 Å². The first-order valence-corrected chi connectivity index (χ1v) is 6.70. The summed E-state index contributed by atoms with van der Waals surface area (Å²) in [5, 5.41) is 0. The van der Waals surface area contributed by atoms with Crippen LogP contribution < -0.4 is 10.6 Å². The van der Waals surface area contributed by atoms with Crippen LogP contribution in [-0.4, -0.2) is 17.6 Å². The van der Waals surface area contributed by atoms with Gasteiger partial charge in [0.05, 0.1) is 0 Å². The SMILES string of the molecule is CC(C)CN(c1c(F)cc(C(N)=S)cc1F)C(C)C. The van der Waals surface area contributed by atoms with Gasteiger partial charge in [-0.2, -0.15) is 0 Å². The fraction of sp³-hybridized carbons (Fsp3) is 0.500. The summed E-state index contributed by atoms with van der Waals surface area (Å²) in [6.45, 7) is 8.41. The lowest BCUT2D eigenvalue weighted by Gasteiger charge is -2.31. The van der Waals surface area contributed by atoms with Gasteiger partial charge in [0.15, 0.2) is 0 Å². The molecule has 5 heteroatoms. The van der Waals surface area contributed by atoms with Crippen LogP contribution in [0.2, 0.25) is 0 Å². The maximum absolute atomic E-state index is 14.1. The molecule has 0 aliphatic heterocycles. The van der Waals surface area contributed by atoms with E-state index in [2.05, 4.69) is 0 Å². The highest BCUT2D eigenvalue weighted by Gasteiger charge is 2.21. The highest BCUT2D eigenvalue weighted by Crippen LogP contribution is 2.27. The minimum Gasteiger partial charge on any atom is -0.389 e. The second-order valence-corrected chi connectivity index (χ2v) is 5.73. The molecule has 19 heavy (non-hydrogen) atoms. The van der Waals surface area contributed by atoms with E-state index >= 15 is 0 Å². The Morgan fingerprint density at radius 2 is 1.68 bits per heavy atom. The van der Waals surface area contributed by atoms with Gasteiger partial charge in [0.25, 0.3) is 0 Å². The van der Waals surface area contributed by atoms with Gasteiger partial charge in [-0.1, -0.05) is 26.1 Å². The summed E-state index contributed by atoms with van der Waals surface area (Å²) < 4.78 is 28.3. The van der Waals surface area contributed by atoms with Crippen molar-refractivity contribution in [3.63, 3.8) is 0 Å². The standard InChI is InChI=1S/C14H20F2N2S/c1-8(2)7-18(9(3)4)13-11(15)5-10(14(17)19)6-12(13)16/h5-6,8-9H,7H2,1-4H3,(H2,17,19). The van der Waals surface area contributed by atoms with Crippen LogP contribution in [0.5, 0.6) is 0 Å². The number of nitrogens with zero attached hydrogens (tertiary/aromatic N) is 1. The first-order valence-electron chi connectivity index (χ1n) is 6.29. The molecule has 2 N–H and O–H groups in total. The van der Waals surface area contributed by atoms with Crippen molar-refractivity contribution < 1.29 is 8.78 Å². The van der Waals surface area contributed by atoms with Crippen molar-refractivity contribution in [3.8, 4) is 0 Å². The van der Waals surface area contributed by atoms with Crippen molar-refractivity contribution in [2.45, 2.75) is 33.7 Å². The smallest absolute Gasteiger partial charge is 0.150 e. The Morgan fingerprint density at radius 3 is 2.00 bits per heavy atom. The lowest BCUT2D eigenvalue weighted by atomic mass is 10.1. The molecule has 0 radical (unpaired) electrons. The van der Waals surface area contributed by atoms with E-state index in [1.807, 2.05) is 27.7 Å². The van der Waals surface area contributed by atoms with Gasteiger partial charge in [0.2, 0.25) is 0 Å². The third-order valence-electron chi connectivity index (χ3n) is 2.77. The third-order valence-corrected chi connectivity index (χ3v) is 3.01. The molecule has 0 atom stereocenters. The van der Waals surface area contributed by atoms with Gasteiger partial charge in [0.1, 0.15) is 22.3 Å². The van der Waals surface area contributed by atoms with Gasteiger partial charge < -0.3 is 10.6 Å². The second-order valence-electron chi connectivity index (χ2n) is 5.29. The largest absolute Gasteiger partial charge is 0.389 e. The van der Waals surface area contributed by atoms with E-state index in [1.54, 1.807) is 4.90 Å². The average molecular weight is 286 g/mol. The molecule has 0 aromatic heterocycles. The molecule has 0 spiro atoms. The van der Waals surface area contributed by atoms with Crippen molar-refractivity contribution in [1.29, 1.82) is 0 Å². The molecule has 0 heterocycles. The maximum atomic E-state index is 14.1. The van der Waals surface area contributed by atoms with E-state index < -0.39 is 11.6 Å². The fourth-order valence-electron chi connectivity index (χ4n) is 1.94. The maximum Gasteiger partial charge on any atom is 0.150 e. The lowest BCUT2D eigenvalue weighted by Crippen LogP contribution is -2.35. The highest BCUT2D eigenvalue weighted by atomic mass is 32.1. The number of benzene rings is 1. The topological polar surface area (TPSA) is 29.3 Å². The minimum absolute atomic E-state index is 0.00192. The summed E-state index contributed by atoms with van der Waals surface area (Å²) in [4.78, 5) is 1.71. The molecular weight excluding hydrogens is 266 g/mol. The average Bonchev–Trinajstić information content (AvgIpc) is 2.25. The van der Waals surface area contributed by atoms with Crippen LogP contribution in [0.4, 0.5) is 14.5 Å². The predicted molar refractivity (Wildman–Crippen MR) is 79.6 cm³/mol. The predicted octanol–water partition coefficient (Wildman–Crippen LogP) is 3.47. The number of halogens is 2. The second kappa shape index (κ2) is 6.28. The molecule has 0 saturated carbocycles. The van der Waals surface area contributed by atoms with Crippen LogP contribution in [-0.2, 0) is 0 Å². The number of nitrogens with two attached hydrogens (primary N) is 1. The fourth-order valence-corrected chi connectivity index (χ4v) is 2.05. The van der Waals surface area contributed by atoms with E-state index in [1.165, 1.54) is 12.1 Å². The van der Waals surface area contributed by atoms with E-state index in [-0.39, 0.29) is 22.3 Å². The summed E-state index contributed by atoms with van der Waals surface area (Å²) >= 11 is 4.74. The molecule has 0 unspecified atom stereocenters. The van der Waals surface area contributed by atoms with Gasteiger partial charge >= 0.3 is 0 Å². The Labute approximate surface area is 118 Å². The minimum atomic E-state index is -0.628. The van der Waals surface area contributed by atoms with Crippen LogP contribution in [0, 0.1) is 17.6 Å². The van der Waals surface area contributed by atoms with Gasteiger partial charge in [-0.15, -0.1) is 0 Å². The Kier molecular flexibility index (Phi) is 5.23. The van der Waals surface area contributed by atoms with E-state index in [9.17, 15) is 8.78 Å². The number of rotatable bonds is 5. The van der Waals surface area contributed by atoms with E-state index in [4.69, 9.17) is 18.0 Å². The highest BCUT2D eigenvalue weighted by molar-refractivity contribution is 7.80. The van der Waals surface area contributed by atoms with Crippen LogP contribution in [0.3, 0.4) is 0 Å². The summed E-state index contributed by atoms with van der Waals surface area (Å²) in [6, 6.07) is 2.38. The Morgan fingerprint density at radius 1 is 1.21 bits per heavy atom. The lowest BCUT2D eigenvalue weighted by molar-refractivity contribution is 0.523. The molecule has 0 saturated heterocycles. The molecule has 1 aromatic rings. The van der Waals surface area contributed by atoms with Crippen molar-refractivity contribution >= 4 is 22.9 Å². The first-order chi connectivity index (χ1) is 8.73. The summed E-state index contributed by atoms with van der Waals surface area (Å²) in [5.41, 5.74) is 5.60. The molecule has 0 amide bonds. The van der Waals surface area contributed by atoms with Gasteiger partial charge in [-0.05, 0) is 31.9 Å². The van der Waals surface area contributed by atoms with Crippen molar-refractivity contribution in [1.82, 2.24) is 0 Å². The number of thiocarbonyl (C=S) groups is 1. The van der Waals surface area contributed by atoms with Crippen LogP contribution in [0.25, 0.3) is 0 Å². The van der Waals surface area contributed by atoms with E-state index in [0.29, 0.717) is 12.5 Å². The molecule has 2 nitrogen and oxygen atoms in total. The van der Waals surface area contributed by atoms with Crippen molar-refractivity contribution in [2.75, 3.05) is 11.4 Å². The summed E-state index contributed by atoms with van der Waals surface area (Å²) in [7, 11) is 0. The van der Waals surface area contributed by atoms with Crippen LogP contribution in [0.15, 0.2) is 12.1 Å². The van der Waals surface area contributed by atoms with Crippen molar-refractivity contribution in [3.05, 3.63) is 29.3 Å². The Balaban J connectivity index is 3.27. The number of anilines is 1. The van der Waals surface area contributed by atoms with E-state index in [0.717, 1.165) is 0 Å². The molecule has 0 fully saturated rings. The van der Waals surface area contributed by atoms with Crippen LogP contribution in [0.1, 0.15) is 33.3 Å². The normalized spacial score (nSPS) is 11.2. The van der Waals surface area contributed by atoms with Gasteiger partial charge in [-0.25, -0.2) is 8.78 Å². The Bertz CT molecular complexity index is 450. The number of hydrogen-bond donors (Lipinski definition) is 1. The quantitative estimate of drug-likeness (QED) is 0.840. The third kappa shape index (κ3) is 3.86. The van der Waals surface area contributed by atoms with Gasteiger partial charge in [0, 0.05) is 18.2 Å². The first kappa shape index (κ1) is 15.8. The zero-order chi connectivity index (χ0) is 14.7. The monoisotopic (exact) mass is 286 g/mol. The molecule has 0 aliphatic rings. The summed E-state index contributed by atoms with van der Waals surface area (Å²) in [5.74, 6) is -0.953. The van der Waals surface area contributed by atoms with Crippen LogP contribution >= 0.6 is 12.2 Å². The zero-order valence-electron chi connectivity index (χ0n) is 11.7. The van der Waals surface area contributed by atoms with Gasteiger partial charge in [-0.3, -0.25) is 0 Å². The molecule has 0 aliphatic carbocycles. The summed E-state index contributed by atoms with van der Waals surface area (Å²) in [6.07, 6.45) is 0.